The molecule has 0 aromatic heterocycles. The highest BCUT2D eigenvalue weighted by atomic mass is 16.2. The zero-order chi connectivity index (χ0) is 15.2. The summed E-state index contributed by atoms with van der Waals surface area (Å²) in [5.41, 5.74) is 2.58. The number of aryl methyl sites for hydroxylation is 1. The van der Waals surface area contributed by atoms with Crippen molar-refractivity contribution < 1.29 is 4.79 Å². The summed E-state index contributed by atoms with van der Waals surface area (Å²) in [5.74, 6) is 0.277. The Bertz CT molecular complexity index is 452. The minimum Gasteiger partial charge on any atom is -0.340 e. The lowest BCUT2D eigenvalue weighted by atomic mass is 10.1. The second-order valence-corrected chi connectivity index (χ2v) is 5.95. The van der Waals surface area contributed by atoms with Crippen LogP contribution in [0.2, 0.25) is 0 Å². The Balaban J connectivity index is 1.81. The van der Waals surface area contributed by atoms with E-state index in [1.54, 1.807) is 0 Å². The van der Waals surface area contributed by atoms with Gasteiger partial charge in [0, 0.05) is 45.2 Å². The highest BCUT2D eigenvalue weighted by Crippen LogP contribution is 2.19. The van der Waals surface area contributed by atoms with Crippen LogP contribution in [-0.4, -0.2) is 55.5 Å². The van der Waals surface area contributed by atoms with E-state index < -0.39 is 0 Å². The van der Waals surface area contributed by atoms with Gasteiger partial charge >= 0.3 is 0 Å². The zero-order valence-electron chi connectivity index (χ0n) is 13.4. The van der Waals surface area contributed by atoms with Gasteiger partial charge in [-0.1, -0.05) is 29.8 Å². The van der Waals surface area contributed by atoms with Crippen molar-refractivity contribution in [3.63, 3.8) is 0 Å². The van der Waals surface area contributed by atoms with E-state index in [2.05, 4.69) is 55.4 Å². The topological polar surface area (TPSA) is 35.6 Å². The fraction of sp³-hybridized carbons (Fsp3) is 0.588. The van der Waals surface area contributed by atoms with Crippen LogP contribution in [0, 0.1) is 6.92 Å². The first-order valence-corrected chi connectivity index (χ1v) is 7.83. The van der Waals surface area contributed by atoms with Gasteiger partial charge in [-0.15, -0.1) is 0 Å². The Morgan fingerprint density at radius 3 is 2.52 bits per heavy atom. The van der Waals surface area contributed by atoms with Crippen LogP contribution in [-0.2, 0) is 4.79 Å². The monoisotopic (exact) mass is 289 g/mol. The first-order chi connectivity index (χ1) is 10.1. The number of hydrogen-bond acceptors (Lipinski definition) is 3. The fourth-order valence-corrected chi connectivity index (χ4v) is 2.64. The molecule has 4 heteroatoms. The summed E-state index contributed by atoms with van der Waals surface area (Å²) in [4.78, 5) is 16.4. The molecule has 0 spiro atoms. The Labute approximate surface area is 128 Å². The smallest absolute Gasteiger partial charge is 0.223 e. The largest absolute Gasteiger partial charge is 0.340 e. The maximum atomic E-state index is 12.2. The molecule has 1 amide bonds. The summed E-state index contributed by atoms with van der Waals surface area (Å²) in [6.07, 6.45) is 0.604. The number of carbonyl (C=O) groups is 1. The van der Waals surface area contributed by atoms with Crippen LogP contribution in [0.25, 0.3) is 0 Å². The van der Waals surface area contributed by atoms with Crippen LogP contribution in [0.4, 0.5) is 0 Å². The molecule has 2 rings (SSSR count). The second kappa shape index (κ2) is 7.57. The molecule has 0 saturated carbocycles. The minimum absolute atomic E-state index is 0.277. The number of benzene rings is 1. The molecule has 1 aromatic rings. The van der Waals surface area contributed by atoms with Crippen LogP contribution < -0.4 is 5.32 Å². The lowest BCUT2D eigenvalue weighted by molar-refractivity contribution is -0.132. The van der Waals surface area contributed by atoms with E-state index in [4.69, 9.17) is 0 Å². The average Bonchev–Trinajstić information content (AvgIpc) is 2.53. The summed E-state index contributed by atoms with van der Waals surface area (Å²) >= 11 is 0. The second-order valence-electron chi connectivity index (χ2n) is 5.95. The molecule has 4 nitrogen and oxygen atoms in total. The Morgan fingerprint density at radius 1 is 1.29 bits per heavy atom. The molecule has 0 bridgehead atoms. The molecule has 0 aliphatic carbocycles. The molecule has 1 heterocycles. The first-order valence-electron chi connectivity index (χ1n) is 7.83. The molecule has 1 unspecified atom stereocenters. The quantitative estimate of drug-likeness (QED) is 0.898. The van der Waals surface area contributed by atoms with Crippen molar-refractivity contribution in [1.29, 1.82) is 0 Å². The Morgan fingerprint density at radius 2 is 1.90 bits per heavy atom. The molecule has 1 atom stereocenters. The molecule has 1 saturated heterocycles. The van der Waals surface area contributed by atoms with Crippen molar-refractivity contribution >= 4 is 5.91 Å². The van der Waals surface area contributed by atoms with Crippen LogP contribution in [0.1, 0.15) is 30.5 Å². The van der Waals surface area contributed by atoms with Crippen molar-refractivity contribution in [2.75, 3.05) is 39.8 Å². The summed E-state index contributed by atoms with van der Waals surface area (Å²) < 4.78 is 0. The number of hydrogen-bond donors (Lipinski definition) is 1. The maximum absolute atomic E-state index is 12.2. The van der Waals surface area contributed by atoms with Gasteiger partial charge in [0.1, 0.15) is 0 Å². The highest BCUT2D eigenvalue weighted by Gasteiger charge is 2.18. The normalized spacial score (nSPS) is 17.0. The lowest BCUT2D eigenvalue weighted by Gasteiger charge is -2.29. The van der Waals surface area contributed by atoms with E-state index >= 15 is 0 Å². The number of carbonyl (C=O) groups excluding carboxylic acids is 1. The third-order valence-electron chi connectivity index (χ3n) is 4.37. The maximum Gasteiger partial charge on any atom is 0.223 e. The SMILES string of the molecule is Cc1ccc(C(C)N(C)CCC(=O)N2CCNCC2)cc1. The van der Waals surface area contributed by atoms with Crippen LogP contribution in [0.3, 0.4) is 0 Å². The molecule has 1 aromatic carbocycles. The van der Waals surface area contributed by atoms with Crippen LogP contribution in [0.15, 0.2) is 24.3 Å². The van der Waals surface area contributed by atoms with Crippen molar-refractivity contribution in [1.82, 2.24) is 15.1 Å². The van der Waals surface area contributed by atoms with Crippen LogP contribution in [0.5, 0.6) is 0 Å². The fourth-order valence-electron chi connectivity index (χ4n) is 2.64. The molecule has 116 valence electrons. The third kappa shape index (κ3) is 4.55. The van der Waals surface area contributed by atoms with Gasteiger partial charge in [0.15, 0.2) is 0 Å². The molecule has 1 aliphatic heterocycles. The predicted octanol–water partition coefficient (Wildman–Crippen LogP) is 1.81. The predicted molar refractivity (Wildman–Crippen MR) is 86.3 cm³/mol. The van der Waals surface area contributed by atoms with Crippen molar-refractivity contribution in [3.05, 3.63) is 35.4 Å². The summed E-state index contributed by atoms with van der Waals surface area (Å²) in [7, 11) is 2.09. The van der Waals surface area contributed by atoms with Gasteiger partial charge in [0.25, 0.3) is 0 Å². The van der Waals surface area contributed by atoms with E-state index in [0.29, 0.717) is 12.5 Å². The number of rotatable bonds is 5. The van der Waals surface area contributed by atoms with Crippen molar-refractivity contribution in [2.45, 2.75) is 26.3 Å². The number of nitrogens with one attached hydrogen (secondary N) is 1. The molecule has 0 radical (unpaired) electrons. The van der Waals surface area contributed by atoms with E-state index in [1.807, 2.05) is 4.90 Å². The van der Waals surface area contributed by atoms with E-state index in [-0.39, 0.29) is 5.91 Å². The van der Waals surface area contributed by atoms with E-state index in [0.717, 1.165) is 32.7 Å². The Kier molecular flexibility index (Phi) is 5.76. The Hall–Kier alpha value is -1.39. The molecular weight excluding hydrogens is 262 g/mol. The molecule has 21 heavy (non-hydrogen) atoms. The number of amides is 1. The van der Waals surface area contributed by atoms with E-state index in [1.165, 1.54) is 11.1 Å². The van der Waals surface area contributed by atoms with E-state index in [9.17, 15) is 4.79 Å². The standard InChI is InChI=1S/C17H27N3O/c1-14-4-6-16(7-5-14)15(2)19(3)11-8-17(21)20-12-9-18-10-13-20/h4-7,15,18H,8-13H2,1-3H3. The van der Waals surface area contributed by atoms with Crippen molar-refractivity contribution in [3.8, 4) is 0 Å². The van der Waals surface area contributed by atoms with Gasteiger partial charge < -0.3 is 10.2 Å². The minimum atomic E-state index is 0.277. The van der Waals surface area contributed by atoms with Crippen molar-refractivity contribution in [2.24, 2.45) is 0 Å². The van der Waals surface area contributed by atoms with Gasteiger partial charge in [-0.05, 0) is 26.5 Å². The lowest BCUT2D eigenvalue weighted by Crippen LogP contribution is -2.47. The first kappa shape index (κ1) is 16.0. The zero-order valence-corrected chi connectivity index (χ0v) is 13.4. The molecule has 1 N–H and O–H groups in total. The average molecular weight is 289 g/mol. The van der Waals surface area contributed by atoms with Gasteiger partial charge in [0.2, 0.25) is 5.91 Å². The summed E-state index contributed by atoms with van der Waals surface area (Å²) in [6.45, 7) is 8.62. The number of piperazine rings is 1. The third-order valence-corrected chi connectivity index (χ3v) is 4.37. The summed E-state index contributed by atoms with van der Waals surface area (Å²) in [5, 5.41) is 3.27. The van der Waals surface area contributed by atoms with Crippen LogP contribution >= 0.6 is 0 Å². The van der Waals surface area contributed by atoms with Gasteiger partial charge in [0.05, 0.1) is 0 Å². The molecular formula is C17H27N3O. The number of nitrogens with zero attached hydrogens (tertiary/aromatic N) is 2. The van der Waals surface area contributed by atoms with Gasteiger partial charge in [-0.3, -0.25) is 9.69 Å². The molecule has 1 aliphatic rings. The van der Waals surface area contributed by atoms with Gasteiger partial charge in [-0.2, -0.15) is 0 Å². The highest BCUT2D eigenvalue weighted by molar-refractivity contribution is 5.76. The van der Waals surface area contributed by atoms with Gasteiger partial charge in [-0.25, -0.2) is 0 Å². The summed E-state index contributed by atoms with van der Waals surface area (Å²) in [6, 6.07) is 8.97. The molecule has 1 fully saturated rings.